The van der Waals surface area contributed by atoms with Crippen LogP contribution in [-0.2, 0) is 11.2 Å². The Bertz CT molecular complexity index is 545. The molecule has 3 amide bonds. The maximum atomic E-state index is 11.6. The van der Waals surface area contributed by atoms with Crippen LogP contribution in [0.5, 0.6) is 5.75 Å². The van der Waals surface area contributed by atoms with E-state index < -0.39 is 18.0 Å². The second-order valence-electron chi connectivity index (χ2n) is 5.21. The summed E-state index contributed by atoms with van der Waals surface area (Å²) in [6.45, 7) is 1.58. The van der Waals surface area contributed by atoms with E-state index >= 15 is 0 Å². The first-order valence-electron chi connectivity index (χ1n) is 7.08. The minimum atomic E-state index is -0.879. The van der Waals surface area contributed by atoms with Crippen LogP contribution in [-0.4, -0.2) is 25.1 Å². The number of aryl methyl sites for hydroxylation is 1. The van der Waals surface area contributed by atoms with Crippen LogP contribution in [0.3, 0.4) is 0 Å². The number of nitrogens with two attached hydrogens (primary N) is 1. The van der Waals surface area contributed by atoms with Gasteiger partial charge in [0.1, 0.15) is 5.75 Å². The van der Waals surface area contributed by atoms with E-state index in [4.69, 9.17) is 10.5 Å². The molecule has 0 spiro atoms. The molecule has 0 saturated carbocycles. The first-order valence-corrected chi connectivity index (χ1v) is 7.08. The van der Waals surface area contributed by atoms with Gasteiger partial charge in [0.25, 0.3) is 5.91 Å². The average Bonchev–Trinajstić information content (AvgIpc) is 2.45. The largest absolute Gasteiger partial charge is 0.481 e. The smallest absolute Gasteiger partial charge is 0.318 e. The number of carbonyl (C=O) groups is 2. The number of fused-ring (bicyclic) bond motifs is 1. The standard InChI is InChI=1S/C15H21N3O3/c1-9(14(19)18-15(16)20)21-11-7-6-10-4-3-5-13(17-2)12(10)8-11/h6-9,13,17H,3-5H2,1-2H3,(H3,16,18,19,20). The van der Waals surface area contributed by atoms with Crippen molar-refractivity contribution in [3.63, 3.8) is 0 Å². The Morgan fingerprint density at radius 3 is 2.86 bits per heavy atom. The Hall–Kier alpha value is -2.08. The van der Waals surface area contributed by atoms with Gasteiger partial charge < -0.3 is 15.8 Å². The van der Waals surface area contributed by atoms with Crippen LogP contribution in [0.2, 0.25) is 0 Å². The van der Waals surface area contributed by atoms with E-state index in [1.165, 1.54) is 11.1 Å². The van der Waals surface area contributed by atoms with Gasteiger partial charge in [-0.1, -0.05) is 6.07 Å². The van der Waals surface area contributed by atoms with Crippen molar-refractivity contribution in [3.05, 3.63) is 29.3 Å². The topological polar surface area (TPSA) is 93.4 Å². The fourth-order valence-corrected chi connectivity index (χ4v) is 2.63. The number of carbonyl (C=O) groups excluding carboxylic acids is 2. The van der Waals surface area contributed by atoms with Crippen LogP contribution >= 0.6 is 0 Å². The van der Waals surface area contributed by atoms with Crippen LogP contribution in [0.4, 0.5) is 4.79 Å². The summed E-state index contributed by atoms with van der Waals surface area (Å²) in [6, 6.07) is 5.28. The SMILES string of the molecule is CNC1CCCc2ccc(OC(C)C(=O)NC(N)=O)cc21. The Balaban J connectivity index is 2.11. The van der Waals surface area contributed by atoms with Gasteiger partial charge in [-0.15, -0.1) is 0 Å². The lowest BCUT2D eigenvalue weighted by molar-refractivity contribution is -0.126. The maximum Gasteiger partial charge on any atom is 0.318 e. The number of urea groups is 1. The van der Waals surface area contributed by atoms with Gasteiger partial charge in [0, 0.05) is 6.04 Å². The van der Waals surface area contributed by atoms with Gasteiger partial charge in [-0.3, -0.25) is 10.1 Å². The highest BCUT2D eigenvalue weighted by atomic mass is 16.5. The van der Waals surface area contributed by atoms with Gasteiger partial charge in [-0.2, -0.15) is 0 Å². The summed E-state index contributed by atoms with van der Waals surface area (Å²) in [6.07, 6.45) is 2.53. The normalized spacial score (nSPS) is 18.5. The zero-order chi connectivity index (χ0) is 15.4. The zero-order valence-corrected chi connectivity index (χ0v) is 12.3. The Kier molecular flexibility index (Phi) is 4.80. The number of ether oxygens (including phenoxy) is 1. The molecular formula is C15H21N3O3. The Morgan fingerprint density at radius 1 is 1.43 bits per heavy atom. The molecule has 21 heavy (non-hydrogen) atoms. The molecule has 0 radical (unpaired) electrons. The monoisotopic (exact) mass is 291 g/mol. The first kappa shape index (κ1) is 15.3. The lowest BCUT2D eigenvalue weighted by Crippen LogP contribution is -2.42. The summed E-state index contributed by atoms with van der Waals surface area (Å²) >= 11 is 0. The van der Waals surface area contributed by atoms with Crippen molar-refractivity contribution in [2.75, 3.05) is 7.05 Å². The van der Waals surface area contributed by atoms with Crippen molar-refractivity contribution < 1.29 is 14.3 Å². The molecule has 2 atom stereocenters. The molecule has 6 heteroatoms. The Labute approximate surface area is 124 Å². The number of hydrogen-bond donors (Lipinski definition) is 3. The Morgan fingerprint density at radius 2 is 2.19 bits per heavy atom. The molecule has 0 aromatic heterocycles. The number of hydrogen-bond acceptors (Lipinski definition) is 4. The summed E-state index contributed by atoms with van der Waals surface area (Å²) < 4.78 is 5.59. The van der Waals surface area contributed by atoms with Crippen LogP contribution in [0.25, 0.3) is 0 Å². The lowest BCUT2D eigenvalue weighted by atomic mass is 9.87. The first-order chi connectivity index (χ1) is 10.0. The van der Waals surface area contributed by atoms with Crippen molar-refractivity contribution in [2.24, 2.45) is 5.73 Å². The van der Waals surface area contributed by atoms with Gasteiger partial charge in [0.15, 0.2) is 6.10 Å². The van der Waals surface area contributed by atoms with Crippen LogP contribution in [0.15, 0.2) is 18.2 Å². The molecule has 0 fully saturated rings. The molecule has 0 heterocycles. The van der Waals surface area contributed by atoms with Crippen molar-refractivity contribution >= 4 is 11.9 Å². The molecule has 1 aliphatic rings. The van der Waals surface area contributed by atoms with Crippen LogP contribution in [0.1, 0.15) is 36.9 Å². The van der Waals surface area contributed by atoms with Crippen molar-refractivity contribution in [1.82, 2.24) is 10.6 Å². The van der Waals surface area contributed by atoms with E-state index in [0.29, 0.717) is 11.8 Å². The second kappa shape index (κ2) is 6.58. The van der Waals surface area contributed by atoms with E-state index in [-0.39, 0.29) is 0 Å². The molecule has 2 unspecified atom stereocenters. The molecule has 114 valence electrons. The number of primary amides is 1. The zero-order valence-electron chi connectivity index (χ0n) is 12.3. The quantitative estimate of drug-likeness (QED) is 0.778. The third kappa shape index (κ3) is 3.72. The predicted molar refractivity (Wildman–Crippen MR) is 79.0 cm³/mol. The minimum Gasteiger partial charge on any atom is -0.481 e. The highest BCUT2D eigenvalue weighted by Gasteiger charge is 2.21. The van der Waals surface area contributed by atoms with Gasteiger partial charge in [0.2, 0.25) is 0 Å². The highest BCUT2D eigenvalue weighted by molar-refractivity contribution is 5.95. The van der Waals surface area contributed by atoms with Crippen molar-refractivity contribution in [3.8, 4) is 5.75 Å². The third-order valence-corrected chi connectivity index (χ3v) is 3.71. The van der Waals surface area contributed by atoms with Gasteiger partial charge >= 0.3 is 6.03 Å². The van der Waals surface area contributed by atoms with E-state index in [0.717, 1.165) is 19.3 Å². The van der Waals surface area contributed by atoms with Gasteiger partial charge in [0.05, 0.1) is 0 Å². The van der Waals surface area contributed by atoms with Gasteiger partial charge in [-0.05, 0) is 56.5 Å². The molecule has 0 saturated heterocycles. The lowest BCUT2D eigenvalue weighted by Gasteiger charge is -2.26. The fourth-order valence-electron chi connectivity index (χ4n) is 2.63. The number of nitrogens with one attached hydrogen (secondary N) is 2. The van der Waals surface area contributed by atoms with E-state index in [1.807, 2.05) is 30.6 Å². The fraction of sp³-hybridized carbons (Fsp3) is 0.467. The van der Waals surface area contributed by atoms with Gasteiger partial charge in [-0.25, -0.2) is 4.79 Å². The summed E-state index contributed by atoms with van der Waals surface area (Å²) in [4.78, 5) is 22.3. The maximum absolute atomic E-state index is 11.6. The molecule has 1 aliphatic carbocycles. The molecule has 4 N–H and O–H groups in total. The molecule has 2 rings (SSSR count). The van der Waals surface area contributed by atoms with Crippen LogP contribution < -0.4 is 21.1 Å². The highest BCUT2D eigenvalue weighted by Crippen LogP contribution is 2.32. The van der Waals surface area contributed by atoms with Crippen molar-refractivity contribution in [1.29, 1.82) is 0 Å². The summed E-state index contributed by atoms with van der Waals surface area (Å²) in [5.41, 5.74) is 7.44. The number of amides is 3. The number of rotatable bonds is 4. The molecule has 1 aromatic rings. The summed E-state index contributed by atoms with van der Waals surface area (Å²) in [7, 11) is 1.94. The predicted octanol–water partition coefficient (Wildman–Crippen LogP) is 1.25. The molecule has 0 aliphatic heterocycles. The average molecular weight is 291 g/mol. The third-order valence-electron chi connectivity index (χ3n) is 3.71. The molecule has 0 bridgehead atoms. The van der Waals surface area contributed by atoms with Crippen molar-refractivity contribution in [2.45, 2.75) is 38.3 Å². The molecule has 6 nitrogen and oxygen atoms in total. The minimum absolute atomic E-state index is 0.312. The molecule has 1 aromatic carbocycles. The second-order valence-corrected chi connectivity index (χ2v) is 5.21. The van der Waals surface area contributed by atoms with E-state index in [2.05, 4.69) is 5.32 Å². The van der Waals surface area contributed by atoms with E-state index in [1.54, 1.807) is 6.92 Å². The molecular weight excluding hydrogens is 270 g/mol. The number of imide groups is 1. The summed E-state index contributed by atoms with van der Waals surface area (Å²) in [5, 5.41) is 5.30. The van der Waals surface area contributed by atoms with Crippen LogP contribution in [0, 0.1) is 0 Å². The summed E-state index contributed by atoms with van der Waals surface area (Å²) in [5.74, 6) is 0.0633. The van der Waals surface area contributed by atoms with E-state index in [9.17, 15) is 9.59 Å². The number of benzene rings is 1.